The molecular formula is C60H58N4O4. The third kappa shape index (κ3) is 11.1. The fourth-order valence-corrected chi connectivity index (χ4v) is 9.27. The molecule has 0 fully saturated rings. The summed E-state index contributed by atoms with van der Waals surface area (Å²) in [7, 11) is 0. The number of hydrogen-bond donors (Lipinski definition) is 0. The van der Waals surface area contributed by atoms with Crippen LogP contribution in [0.1, 0.15) is 129 Å². The summed E-state index contributed by atoms with van der Waals surface area (Å²) in [6, 6.07) is 50.6. The standard InChI is InChI=1S/C60H58N4O4/c1-43-19-9-11-21-51(43)59(65)63-41-47(53-23-13-15-25-55(53)57(63)39-61)37-45-27-31-49(32-28-45)67-35-17-7-5-3-4-6-8-18-36-68-50-33-29-46(30-34-50)38-48-42-64(60(66)52-22-12-10-20-44(52)2)58(40-62)56-26-16-14-24-54(48)56/h9-16,19-34,41-42,57-58H,3-8,17-18,35-38H2,1-2H3. The molecular weight excluding hydrogens is 841 g/mol. The molecule has 0 spiro atoms. The first-order valence-corrected chi connectivity index (χ1v) is 23.9. The molecule has 0 saturated carbocycles. The normalized spacial score (nSPS) is 14.9. The van der Waals surface area contributed by atoms with Crippen molar-refractivity contribution in [2.24, 2.45) is 0 Å². The number of fused-ring (bicyclic) bond motifs is 2. The quantitative estimate of drug-likeness (QED) is 0.0750. The molecule has 68 heavy (non-hydrogen) atoms. The Morgan fingerprint density at radius 3 is 1.21 bits per heavy atom. The van der Waals surface area contributed by atoms with E-state index in [4.69, 9.17) is 9.47 Å². The zero-order valence-corrected chi connectivity index (χ0v) is 39.1. The fraction of sp³-hybridized carbons (Fsp3) is 0.267. The number of amides is 2. The van der Waals surface area contributed by atoms with E-state index in [0.717, 1.165) is 92.8 Å². The molecule has 0 bridgehead atoms. The van der Waals surface area contributed by atoms with Crippen molar-refractivity contribution in [3.8, 4) is 23.6 Å². The average molecular weight is 899 g/mol. The lowest BCUT2D eigenvalue weighted by Crippen LogP contribution is -2.33. The molecule has 6 aromatic rings. The second kappa shape index (κ2) is 22.7. The summed E-state index contributed by atoms with van der Waals surface area (Å²) in [5, 5.41) is 20.4. The van der Waals surface area contributed by atoms with Crippen molar-refractivity contribution in [1.82, 2.24) is 9.80 Å². The van der Waals surface area contributed by atoms with E-state index in [0.29, 0.717) is 37.2 Å². The third-order valence-corrected chi connectivity index (χ3v) is 13.0. The molecule has 8 nitrogen and oxygen atoms in total. The molecule has 2 aliphatic rings. The summed E-state index contributed by atoms with van der Waals surface area (Å²) in [5.41, 5.74) is 10.9. The SMILES string of the molecule is Cc1ccccc1C(=O)N1C=C(Cc2ccc(OCCCCCCCCCCOc3ccc(CC4=CN(C(=O)c5ccccc5C)C(C#N)c5ccccc54)cc3)cc2)c2ccccc2C1C#N. The summed E-state index contributed by atoms with van der Waals surface area (Å²) >= 11 is 0. The van der Waals surface area contributed by atoms with Crippen molar-refractivity contribution in [2.75, 3.05) is 13.2 Å². The summed E-state index contributed by atoms with van der Waals surface area (Å²) in [6.45, 7) is 5.21. The third-order valence-electron chi connectivity index (χ3n) is 13.0. The summed E-state index contributed by atoms with van der Waals surface area (Å²) in [5.74, 6) is 1.35. The van der Waals surface area contributed by atoms with Crippen LogP contribution < -0.4 is 9.47 Å². The summed E-state index contributed by atoms with van der Waals surface area (Å²) in [6.07, 6.45) is 14.1. The predicted molar refractivity (Wildman–Crippen MR) is 268 cm³/mol. The molecule has 342 valence electrons. The Balaban J connectivity index is 0.717. The number of hydrogen-bond acceptors (Lipinski definition) is 6. The van der Waals surface area contributed by atoms with E-state index in [9.17, 15) is 20.1 Å². The lowest BCUT2D eigenvalue weighted by Gasteiger charge is -2.32. The Kier molecular flexibility index (Phi) is 15.6. The van der Waals surface area contributed by atoms with Gasteiger partial charge < -0.3 is 9.47 Å². The first-order valence-electron chi connectivity index (χ1n) is 23.9. The van der Waals surface area contributed by atoms with Gasteiger partial charge in [-0.3, -0.25) is 19.4 Å². The van der Waals surface area contributed by atoms with Gasteiger partial charge in [-0.25, -0.2) is 0 Å². The smallest absolute Gasteiger partial charge is 0.259 e. The number of unbranched alkanes of at least 4 members (excludes halogenated alkanes) is 7. The molecule has 0 saturated heterocycles. The number of allylic oxidation sites excluding steroid dienone is 2. The van der Waals surface area contributed by atoms with Gasteiger partial charge in [0, 0.05) is 23.5 Å². The number of ether oxygens (including phenoxy) is 2. The van der Waals surface area contributed by atoms with Gasteiger partial charge >= 0.3 is 0 Å². The number of aryl methyl sites for hydroxylation is 2. The maximum absolute atomic E-state index is 13.7. The van der Waals surface area contributed by atoms with Crippen LogP contribution in [0.5, 0.6) is 11.5 Å². The van der Waals surface area contributed by atoms with Gasteiger partial charge in [0.15, 0.2) is 0 Å². The van der Waals surface area contributed by atoms with Crippen LogP contribution in [0.15, 0.2) is 158 Å². The molecule has 2 aliphatic heterocycles. The molecule has 0 N–H and O–H groups in total. The second-order valence-electron chi connectivity index (χ2n) is 17.8. The molecule has 0 radical (unpaired) electrons. The van der Waals surface area contributed by atoms with Crippen LogP contribution in [0.4, 0.5) is 0 Å². The minimum absolute atomic E-state index is 0.175. The van der Waals surface area contributed by atoms with Gasteiger partial charge in [-0.15, -0.1) is 0 Å². The van der Waals surface area contributed by atoms with Gasteiger partial charge in [0.05, 0.1) is 25.4 Å². The maximum Gasteiger partial charge on any atom is 0.259 e. The van der Waals surface area contributed by atoms with Crippen LogP contribution in [0.25, 0.3) is 11.1 Å². The van der Waals surface area contributed by atoms with Gasteiger partial charge in [0.25, 0.3) is 11.8 Å². The highest BCUT2D eigenvalue weighted by Gasteiger charge is 2.33. The van der Waals surface area contributed by atoms with Crippen molar-refractivity contribution in [3.05, 3.63) is 214 Å². The summed E-state index contributed by atoms with van der Waals surface area (Å²) < 4.78 is 12.2. The van der Waals surface area contributed by atoms with Crippen LogP contribution in [-0.4, -0.2) is 34.8 Å². The Hall–Kier alpha value is -7.68. The van der Waals surface area contributed by atoms with E-state index in [1.54, 1.807) is 9.80 Å². The van der Waals surface area contributed by atoms with Gasteiger partial charge in [-0.05, 0) is 132 Å². The molecule has 0 aliphatic carbocycles. The van der Waals surface area contributed by atoms with Crippen LogP contribution in [0.3, 0.4) is 0 Å². The van der Waals surface area contributed by atoms with Gasteiger partial charge in [-0.2, -0.15) is 10.5 Å². The molecule has 2 unspecified atom stereocenters. The molecule has 2 amide bonds. The van der Waals surface area contributed by atoms with Gasteiger partial charge in [-0.1, -0.05) is 148 Å². The Morgan fingerprint density at radius 2 is 0.824 bits per heavy atom. The van der Waals surface area contributed by atoms with Crippen molar-refractivity contribution in [2.45, 2.75) is 90.1 Å². The number of carbonyl (C=O) groups is 2. The Labute approximate surface area is 401 Å². The monoisotopic (exact) mass is 898 g/mol. The molecule has 8 rings (SSSR count). The number of rotatable bonds is 19. The first kappa shape index (κ1) is 46.8. The van der Waals surface area contributed by atoms with Crippen molar-refractivity contribution < 1.29 is 19.1 Å². The maximum atomic E-state index is 13.7. The highest BCUT2D eigenvalue weighted by molar-refractivity contribution is 5.99. The minimum Gasteiger partial charge on any atom is -0.494 e. The highest BCUT2D eigenvalue weighted by atomic mass is 16.5. The predicted octanol–water partition coefficient (Wildman–Crippen LogP) is 13.5. The number of nitrogens with zero attached hydrogens (tertiary/aromatic N) is 4. The molecule has 2 heterocycles. The van der Waals surface area contributed by atoms with E-state index in [2.05, 4.69) is 36.4 Å². The second-order valence-corrected chi connectivity index (χ2v) is 17.8. The van der Waals surface area contributed by atoms with E-state index in [1.807, 2.05) is 148 Å². The van der Waals surface area contributed by atoms with Crippen LogP contribution in [-0.2, 0) is 12.8 Å². The lowest BCUT2D eigenvalue weighted by molar-refractivity contribution is 0.0785. The number of carbonyl (C=O) groups excluding carboxylic acids is 2. The van der Waals surface area contributed by atoms with E-state index in [1.165, 1.54) is 25.7 Å². The molecule has 6 aromatic carbocycles. The zero-order valence-electron chi connectivity index (χ0n) is 39.1. The minimum atomic E-state index is -0.694. The number of benzene rings is 6. The van der Waals surface area contributed by atoms with Crippen molar-refractivity contribution in [3.63, 3.8) is 0 Å². The summed E-state index contributed by atoms with van der Waals surface area (Å²) in [4.78, 5) is 30.7. The van der Waals surface area contributed by atoms with Crippen LogP contribution in [0.2, 0.25) is 0 Å². The van der Waals surface area contributed by atoms with E-state index < -0.39 is 12.1 Å². The zero-order chi connectivity index (χ0) is 47.2. The van der Waals surface area contributed by atoms with E-state index in [-0.39, 0.29) is 11.8 Å². The largest absolute Gasteiger partial charge is 0.494 e. The highest BCUT2D eigenvalue weighted by Crippen LogP contribution is 2.39. The lowest BCUT2D eigenvalue weighted by atomic mass is 9.88. The average Bonchev–Trinajstić information content (AvgIpc) is 3.37. The van der Waals surface area contributed by atoms with Crippen LogP contribution >= 0.6 is 0 Å². The Morgan fingerprint density at radius 1 is 0.471 bits per heavy atom. The Bertz CT molecular complexity index is 2670. The first-order chi connectivity index (χ1) is 33.3. The molecule has 0 aromatic heterocycles. The molecule has 8 heteroatoms. The van der Waals surface area contributed by atoms with Crippen molar-refractivity contribution >= 4 is 23.0 Å². The topological polar surface area (TPSA) is 107 Å². The van der Waals surface area contributed by atoms with Gasteiger partial charge in [0.2, 0.25) is 0 Å². The molecule has 2 atom stereocenters. The van der Waals surface area contributed by atoms with Crippen molar-refractivity contribution in [1.29, 1.82) is 10.5 Å². The fourth-order valence-electron chi connectivity index (χ4n) is 9.27. The van der Waals surface area contributed by atoms with Gasteiger partial charge in [0.1, 0.15) is 23.6 Å². The van der Waals surface area contributed by atoms with E-state index >= 15 is 0 Å². The van der Waals surface area contributed by atoms with Crippen LogP contribution in [0, 0.1) is 36.5 Å². The number of nitriles is 2.